The lowest BCUT2D eigenvalue weighted by Gasteiger charge is -2.35. The molecule has 2 atom stereocenters. The molecule has 0 rings (SSSR count). The minimum Gasteiger partial charge on any atom is -0.452 e. The van der Waals surface area contributed by atoms with Crippen molar-refractivity contribution < 1.29 is 18.9 Å². The third-order valence-corrected chi connectivity index (χ3v) is 11.0. The van der Waals surface area contributed by atoms with Gasteiger partial charge in [-0.25, -0.2) is 9.10 Å². The number of methoxy groups -OCH3 is 1. The number of hydrogen-bond acceptors (Lipinski definition) is 6. The molecule has 7 nitrogen and oxygen atoms in total. The summed E-state index contributed by atoms with van der Waals surface area (Å²) in [5.74, 6) is 0. The number of hydrogen-bond donors (Lipinski definition) is 0. The molecule has 2 unspecified atom stereocenters. The summed E-state index contributed by atoms with van der Waals surface area (Å²) in [5.41, 5.74) is 0. The van der Waals surface area contributed by atoms with Crippen LogP contribution in [-0.4, -0.2) is 58.1 Å². The first kappa shape index (κ1) is 21.6. The first-order valence-electron chi connectivity index (χ1n) is 6.90. The lowest BCUT2D eigenvalue weighted by atomic mass is 10.4. The highest BCUT2D eigenvalue weighted by molar-refractivity contribution is 8.58. The fourth-order valence-electron chi connectivity index (χ4n) is 1.31. The van der Waals surface area contributed by atoms with Crippen molar-refractivity contribution in [3.8, 4) is 0 Å². The average molecular weight is 371 g/mol. The number of carbonyl (C=O) groups excluding carboxylic acids is 2. The molecule has 0 N–H and O–H groups in total. The molecule has 0 aliphatic carbocycles. The Kier molecular flexibility index (Phi) is 9.54. The van der Waals surface area contributed by atoms with Crippen LogP contribution in [0.4, 0.5) is 4.79 Å². The van der Waals surface area contributed by atoms with Gasteiger partial charge < -0.3 is 4.74 Å². The smallest absolute Gasteiger partial charge is 0.420 e. The third-order valence-electron chi connectivity index (χ3n) is 2.83. The van der Waals surface area contributed by atoms with Gasteiger partial charge >= 0.3 is 12.7 Å². The van der Waals surface area contributed by atoms with Gasteiger partial charge in [0.25, 0.3) is 0 Å². The summed E-state index contributed by atoms with van der Waals surface area (Å²) in [4.78, 5) is 22.9. The van der Waals surface area contributed by atoms with E-state index in [1.54, 1.807) is 7.05 Å². The topological polar surface area (TPSA) is 70.2 Å². The Hall–Kier alpha value is -0.370. The maximum atomic E-state index is 13.3. The molecule has 0 aliphatic heterocycles. The number of nitrogens with zero attached hydrogens (tertiary/aromatic N) is 3. The zero-order valence-electron chi connectivity index (χ0n) is 14.2. The van der Waals surface area contributed by atoms with Crippen LogP contribution in [0, 0.1) is 0 Å². The van der Waals surface area contributed by atoms with Crippen molar-refractivity contribution in [3.63, 3.8) is 0 Å². The fraction of sp³-hybridized carbons (Fsp3) is 0.833. The van der Waals surface area contributed by atoms with Crippen LogP contribution in [0.1, 0.15) is 34.1 Å². The second-order valence-corrected chi connectivity index (χ2v) is 11.6. The number of carbonyl (C=O) groups is 2. The van der Waals surface area contributed by atoms with Crippen LogP contribution < -0.4 is 0 Å². The van der Waals surface area contributed by atoms with Crippen molar-refractivity contribution in [1.82, 2.24) is 13.1 Å². The summed E-state index contributed by atoms with van der Waals surface area (Å²) in [5, 5.41) is 0.113. The van der Waals surface area contributed by atoms with E-state index in [0.29, 0.717) is 6.41 Å². The van der Waals surface area contributed by atoms with Gasteiger partial charge in [-0.15, -0.1) is 0 Å². The highest BCUT2D eigenvalue weighted by Gasteiger charge is 2.38. The summed E-state index contributed by atoms with van der Waals surface area (Å²) in [6, 6.07) is -0.150. The minimum atomic E-state index is -3.19. The molecule has 22 heavy (non-hydrogen) atoms. The number of rotatable bonds is 9. The number of ether oxygens (including phenoxy) is 1. The summed E-state index contributed by atoms with van der Waals surface area (Å²) < 4.78 is 22.0. The second kappa shape index (κ2) is 9.70. The van der Waals surface area contributed by atoms with E-state index >= 15 is 0 Å². The molecule has 0 aromatic carbocycles. The maximum absolute atomic E-state index is 13.3. The molecule has 0 saturated carbocycles. The van der Waals surface area contributed by atoms with Gasteiger partial charge in [-0.05, 0) is 20.3 Å². The van der Waals surface area contributed by atoms with E-state index in [2.05, 4.69) is 0 Å². The molecule has 130 valence electrons. The van der Waals surface area contributed by atoms with Gasteiger partial charge in [-0.2, -0.15) is 4.08 Å². The quantitative estimate of drug-likeness (QED) is 0.348. The molecule has 0 spiro atoms. The highest BCUT2D eigenvalue weighted by Crippen LogP contribution is 2.66. The van der Waals surface area contributed by atoms with E-state index < -0.39 is 12.7 Å². The van der Waals surface area contributed by atoms with E-state index in [4.69, 9.17) is 4.74 Å². The Bertz CT molecular complexity index is 425. The lowest BCUT2D eigenvalue weighted by Crippen LogP contribution is -2.34. The summed E-state index contributed by atoms with van der Waals surface area (Å²) in [6.07, 6.45) is 0.844. The van der Waals surface area contributed by atoms with Crippen LogP contribution >= 0.6 is 30.2 Å². The summed E-state index contributed by atoms with van der Waals surface area (Å²) in [7, 11) is 4.39. The Morgan fingerprint density at radius 1 is 1.32 bits per heavy atom. The van der Waals surface area contributed by atoms with E-state index in [1.807, 2.05) is 27.7 Å². The van der Waals surface area contributed by atoms with Crippen molar-refractivity contribution in [3.05, 3.63) is 0 Å². The van der Waals surface area contributed by atoms with Gasteiger partial charge in [0.2, 0.25) is 6.41 Å². The van der Waals surface area contributed by atoms with Crippen LogP contribution in [0.2, 0.25) is 0 Å². The molecule has 0 aromatic heterocycles. The van der Waals surface area contributed by atoms with E-state index in [-0.39, 0.29) is 11.3 Å². The van der Waals surface area contributed by atoms with E-state index in [0.717, 1.165) is 18.6 Å². The Labute approximate surface area is 141 Å². The first-order chi connectivity index (χ1) is 10.1. The van der Waals surface area contributed by atoms with Crippen molar-refractivity contribution in [2.24, 2.45) is 0 Å². The molecule has 0 radical (unpaired) electrons. The molecule has 10 heteroatoms. The monoisotopic (exact) mass is 371 g/mol. The van der Waals surface area contributed by atoms with Crippen molar-refractivity contribution in [2.75, 3.05) is 21.2 Å². The van der Waals surface area contributed by atoms with Crippen LogP contribution in [0.5, 0.6) is 0 Å². The summed E-state index contributed by atoms with van der Waals surface area (Å²) in [6.45, 7) is 4.41. The molecule has 0 bridgehead atoms. The molecular formula is C12H26N3O4PS2. The molecule has 2 amide bonds. The van der Waals surface area contributed by atoms with Crippen LogP contribution in [0.25, 0.3) is 0 Å². The van der Waals surface area contributed by atoms with Gasteiger partial charge in [0, 0.05) is 25.4 Å². The zero-order chi connectivity index (χ0) is 17.5. The van der Waals surface area contributed by atoms with Crippen molar-refractivity contribution in [1.29, 1.82) is 0 Å². The predicted octanol–water partition coefficient (Wildman–Crippen LogP) is 3.69. The maximum Gasteiger partial charge on any atom is 0.420 e. The van der Waals surface area contributed by atoms with Gasteiger partial charge in [-0.3, -0.25) is 14.0 Å². The van der Waals surface area contributed by atoms with Crippen LogP contribution in [0.15, 0.2) is 0 Å². The Morgan fingerprint density at radius 3 is 2.23 bits per heavy atom. The third kappa shape index (κ3) is 5.68. The zero-order valence-corrected chi connectivity index (χ0v) is 16.7. The summed E-state index contributed by atoms with van der Waals surface area (Å²) >= 11 is 2.23. The molecule has 0 heterocycles. The van der Waals surface area contributed by atoms with Gasteiger partial charge in [0.15, 0.2) is 0 Å². The molecule has 0 fully saturated rings. The molecule has 0 aromatic rings. The van der Waals surface area contributed by atoms with Crippen LogP contribution in [0.3, 0.4) is 0 Å². The molecular weight excluding hydrogens is 345 g/mol. The van der Waals surface area contributed by atoms with Crippen LogP contribution in [-0.2, 0) is 14.1 Å². The fourth-order valence-corrected chi connectivity index (χ4v) is 7.69. The lowest BCUT2D eigenvalue weighted by molar-refractivity contribution is -0.113. The van der Waals surface area contributed by atoms with E-state index in [1.165, 1.54) is 38.6 Å². The molecule has 0 aliphatic rings. The predicted molar refractivity (Wildman–Crippen MR) is 93.5 cm³/mol. The van der Waals surface area contributed by atoms with Crippen molar-refractivity contribution >= 4 is 42.7 Å². The molecule has 0 saturated heterocycles. The van der Waals surface area contributed by atoms with Gasteiger partial charge in [0.1, 0.15) is 0 Å². The first-order valence-corrected chi connectivity index (χ1v) is 10.7. The largest absolute Gasteiger partial charge is 0.452 e. The van der Waals surface area contributed by atoms with Crippen molar-refractivity contribution in [2.45, 2.75) is 45.4 Å². The van der Waals surface area contributed by atoms with E-state index in [9.17, 15) is 14.2 Å². The minimum absolute atomic E-state index is 0.113. The SMILES string of the molecule is CCC(C)SP(=O)(N(C)C=O)N(C)SN(C(=O)OC)C(C)C. The van der Waals surface area contributed by atoms with Gasteiger partial charge in [-0.1, -0.05) is 25.2 Å². The highest BCUT2D eigenvalue weighted by atomic mass is 32.7. The van der Waals surface area contributed by atoms with Gasteiger partial charge in [0.05, 0.1) is 19.2 Å². The number of amides is 2. The Morgan fingerprint density at radius 2 is 1.86 bits per heavy atom. The Balaban J connectivity index is 5.34. The standard InChI is InChI=1S/C12H26N3O4PS2/c1-8-11(4)21-20(18,13(5)9-16)14(6)22-15(10(2)3)12(17)19-7/h9-11H,8H2,1-7H3. The second-order valence-electron chi connectivity index (χ2n) is 4.93. The average Bonchev–Trinajstić information content (AvgIpc) is 2.49. The normalized spacial score (nSPS) is 15.3.